The Morgan fingerprint density at radius 3 is 2.62 bits per heavy atom. The van der Waals surface area contributed by atoms with Crippen LogP contribution in [0.5, 0.6) is 5.75 Å². The van der Waals surface area contributed by atoms with E-state index in [0.29, 0.717) is 49.6 Å². The molecule has 1 aliphatic heterocycles. The summed E-state index contributed by atoms with van der Waals surface area (Å²) in [6.45, 7) is 2.70. The Labute approximate surface area is 219 Å². The molecule has 4 rings (SSSR count). The minimum atomic E-state index is -0.753. The minimum Gasteiger partial charge on any atom is -0.496 e. The van der Waals surface area contributed by atoms with Crippen LogP contribution in [0.25, 0.3) is 21.2 Å². The van der Waals surface area contributed by atoms with Crippen LogP contribution in [0.4, 0.5) is 4.39 Å². The van der Waals surface area contributed by atoms with Crippen LogP contribution in [0.1, 0.15) is 28.9 Å². The second-order valence-electron chi connectivity index (χ2n) is 9.27. The highest BCUT2D eigenvalue weighted by Gasteiger charge is 2.24. The van der Waals surface area contributed by atoms with Crippen molar-refractivity contribution in [3.05, 3.63) is 51.8 Å². The Morgan fingerprint density at radius 2 is 1.95 bits per heavy atom. The smallest absolute Gasteiger partial charge is 0.264 e. The van der Waals surface area contributed by atoms with Crippen molar-refractivity contribution >= 4 is 33.2 Å². The molecule has 0 saturated carbocycles. The monoisotopic (exact) mass is 528 g/mol. The van der Waals surface area contributed by atoms with Gasteiger partial charge in [0.05, 0.1) is 12.0 Å². The van der Waals surface area contributed by atoms with Crippen LogP contribution in [0.2, 0.25) is 0 Å². The van der Waals surface area contributed by atoms with Gasteiger partial charge in [0.25, 0.3) is 5.91 Å². The number of piperidine rings is 1. The fourth-order valence-corrected chi connectivity index (χ4v) is 5.76. The van der Waals surface area contributed by atoms with Crippen LogP contribution < -0.4 is 15.6 Å². The van der Waals surface area contributed by atoms with Crippen LogP contribution in [0, 0.1) is 0 Å². The van der Waals surface area contributed by atoms with Gasteiger partial charge >= 0.3 is 0 Å². The Hall–Kier alpha value is -3.24. The number of halogens is 1. The van der Waals surface area contributed by atoms with Gasteiger partial charge in [-0.05, 0) is 42.7 Å². The third-order valence-corrected chi connectivity index (χ3v) is 8.01. The quantitative estimate of drug-likeness (QED) is 0.461. The van der Waals surface area contributed by atoms with Crippen LogP contribution in [0.15, 0.2) is 41.3 Å². The number of rotatable bonds is 9. The standard InChI is InChI=1S/C27H33FN4O4S/c1-29-24(33)10-13-32(15-14-31-11-8-19(28)9-12-31)27(35)23-16-21-22(36-3)6-5-20(26(21)37-23)18-4-7-25(34)30(2)17-18/h4-7,16-17,19H,8-15H2,1-3H3,(H,29,33). The lowest BCUT2D eigenvalue weighted by Crippen LogP contribution is -2.43. The first-order valence-corrected chi connectivity index (χ1v) is 13.3. The largest absolute Gasteiger partial charge is 0.496 e. The third-order valence-electron chi connectivity index (χ3n) is 6.85. The van der Waals surface area contributed by atoms with Crippen LogP contribution in [0.3, 0.4) is 0 Å². The topological polar surface area (TPSA) is 83.9 Å². The van der Waals surface area contributed by atoms with Gasteiger partial charge in [-0.15, -0.1) is 11.3 Å². The van der Waals surface area contributed by atoms with Gasteiger partial charge in [-0.25, -0.2) is 4.39 Å². The number of methoxy groups -OCH3 is 1. The van der Waals surface area contributed by atoms with Gasteiger partial charge in [0.1, 0.15) is 11.9 Å². The maximum atomic E-state index is 13.7. The number of amides is 2. The van der Waals surface area contributed by atoms with Crippen LogP contribution >= 0.6 is 11.3 Å². The molecule has 1 aliphatic rings. The average molecular weight is 529 g/mol. The number of thiophene rings is 1. The molecule has 1 saturated heterocycles. The molecule has 10 heteroatoms. The maximum absolute atomic E-state index is 13.7. The number of benzene rings is 1. The van der Waals surface area contributed by atoms with Crippen molar-refractivity contribution in [1.82, 2.24) is 19.7 Å². The molecule has 0 bridgehead atoms. The summed E-state index contributed by atoms with van der Waals surface area (Å²) in [7, 11) is 4.88. The van der Waals surface area contributed by atoms with Crippen molar-refractivity contribution in [3.8, 4) is 16.9 Å². The summed E-state index contributed by atoms with van der Waals surface area (Å²) in [4.78, 5) is 42.0. The minimum absolute atomic E-state index is 0.0990. The van der Waals surface area contributed by atoms with Crippen molar-refractivity contribution < 1.29 is 18.7 Å². The van der Waals surface area contributed by atoms with Gasteiger partial charge < -0.3 is 24.4 Å². The zero-order valence-electron chi connectivity index (χ0n) is 21.5. The number of hydrogen-bond donors (Lipinski definition) is 1. The molecule has 3 aromatic rings. The number of likely N-dealkylation sites (tertiary alicyclic amines) is 1. The SMILES string of the molecule is CNC(=O)CCN(CCN1CCC(F)CC1)C(=O)c1cc2c(OC)ccc(-c3ccc(=O)n(C)c3)c2s1. The van der Waals surface area contributed by atoms with Gasteiger partial charge in [-0.1, -0.05) is 0 Å². The fourth-order valence-electron chi connectivity index (χ4n) is 4.58. The van der Waals surface area contributed by atoms with E-state index in [-0.39, 0.29) is 30.3 Å². The van der Waals surface area contributed by atoms with E-state index in [4.69, 9.17) is 4.74 Å². The lowest BCUT2D eigenvalue weighted by atomic mass is 10.1. The van der Waals surface area contributed by atoms with E-state index in [0.717, 1.165) is 21.2 Å². The number of ether oxygens (including phenoxy) is 1. The predicted molar refractivity (Wildman–Crippen MR) is 144 cm³/mol. The molecule has 0 radical (unpaired) electrons. The zero-order valence-corrected chi connectivity index (χ0v) is 22.3. The molecule has 8 nitrogen and oxygen atoms in total. The Balaban J connectivity index is 1.64. The van der Waals surface area contributed by atoms with Crippen molar-refractivity contribution in [2.45, 2.75) is 25.4 Å². The summed E-state index contributed by atoms with van der Waals surface area (Å²) in [5, 5.41) is 3.43. The molecule has 0 unspecified atom stereocenters. The number of alkyl halides is 1. The fraction of sp³-hybridized carbons (Fsp3) is 0.444. The highest BCUT2D eigenvalue weighted by molar-refractivity contribution is 7.21. The average Bonchev–Trinajstić information content (AvgIpc) is 3.36. The highest BCUT2D eigenvalue weighted by Crippen LogP contribution is 2.40. The summed E-state index contributed by atoms with van der Waals surface area (Å²) in [5.41, 5.74) is 1.67. The molecular formula is C27H33FN4O4S. The lowest BCUT2D eigenvalue weighted by Gasteiger charge is -2.31. The maximum Gasteiger partial charge on any atom is 0.264 e. The molecule has 2 amide bonds. The van der Waals surface area contributed by atoms with Crippen molar-refractivity contribution in [1.29, 1.82) is 0 Å². The second kappa shape index (κ2) is 11.9. The first-order valence-electron chi connectivity index (χ1n) is 12.4. The van der Waals surface area contributed by atoms with E-state index < -0.39 is 6.17 Å². The van der Waals surface area contributed by atoms with Gasteiger partial charge in [-0.2, -0.15) is 0 Å². The molecule has 0 spiro atoms. The van der Waals surface area contributed by atoms with Crippen molar-refractivity contribution in [2.75, 3.05) is 46.9 Å². The van der Waals surface area contributed by atoms with Gasteiger partial charge in [0.15, 0.2) is 0 Å². The number of nitrogens with one attached hydrogen (secondary N) is 1. The number of carbonyl (C=O) groups excluding carboxylic acids is 2. The van der Waals surface area contributed by atoms with E-state index >= 15 is 0 Å². The Morgan fingerprint density at radius 1 is 1.19 bits per heavy atom. The molecule has 1 aromatic carbocycles. The molecule has 3 heterocycles. The highest BCUT2D eigenvalue weighted by atomic mass is 32.1. The summed E-state index contributed by atoms with van der Waals surface area (Å²) < 4.78 is 21.5. The summed E-state index contributed by atoms with van der Waals surface area (Å²) in [6.07, 6.45) is 2.25. The number of aryl methyl sites for hydroxylation is 1. The molecule has 2 aromatic heterocycles. The number of pyridine rings is 1. The van der Waals surface area contributed by atoms with Crippen molar-refractivity contribution in [2.24, 2.45) is 7.05 Å². The molecule has 1 fully saturated rings. The summed E-state index contributed by atoms with van der Waals surface area (Å²) in [6, 6.07) is 8.94. The molecule has 0 atom stereocenters. The van der Waals surface area contributed by atoms with E-state index in [9.17, 15) is 18.8 Å². The van der Waals surface area contributed by atoms with Crippen LogP contribution in [-0.4, -0.2) is 79.2 Å². The van der Waals surface area contributed by atoms with E-state index in [2.05, 4.69) is 10.2 Å². The summed E-state index contributed by atoms with van der Waals surface area (Å²) >= 11 is 1.37. The number of carbonyl (C=O) groups is 2. The normalized spacial score (nSPS) is 14.6. The van der Waals surface area contributed by atoms with E-state index in [1.54, 1.807) is 38.4 Å². The first kappa shape index (κ1) is 26.8. The molecular weight excluding hydrogens is 495 g/mol. The molecule has 1 N–H and O–H groups in total. The van der Waals surface area contributed by atoms with Crippen molar-refractivity contribution in [3.63, 3.8) is 0 Å². The lowest BCUT2D eigenvalue weighted by molar-refractivity contribution is -0.120. The summed E-state index contributed by atoms with van der Waals surface area (Å²) in [5.74, 6) is 0.370. The predicted octanol–water partition coefficient (Wildman–Crippen LogP) is 3.29. The molecule has 198 valence electrons. The molecule has 37 heavy (non-hydrogen) atoms. The van der Waals surface area contributed by atoms with E-state index in [1.165, 1.54) is 22.0 Å². The Bertz CT molecular complexity index is 1330. The van der Waals surface area contributed by atoms with E-state index in [1.807, 2.05) is 18.2 Å². The number of fused-ring (bicyclic) bond motifs is 1. The number of hydrogen-bond acceptors (Lipinski definition) is 6. The third kappa shape index (κ3) is 6.19. The Kier molecular flexibility index (Phi) is 8.60. The first-order chi connectivity index (χ1) is 17.8. The van der Waals surface area contributed by atoms with Gasteiger partial charge in [0, 0.05) is 81.2 Å². The van der Waals surface area contributed by atoms with Gasteiger partial charge in [-0.3, -0.25) is 14.4 Å². The number of aromatic nitrogens is 1. The number of nitrogens with zero attached hydrogens (tertiary/aromatic N) is 3. The van der Waals surface area contributed by atoms with Crippen LogP contribution in [-0.2, 0) is 11.8 Å². The zero-order chi connectivity index (χ0) is 26.5. The molecule has 0 aliphatic carbocycles. The van der Waals surface area contributed by atoms with Gasteiger partial charge in [0.2, 0.25) is 11.5 Å². The second-order valence-corrected chi connectivity index (χ2v) is 10.3.